The molecule has 0 atom stereocenters. The molecule has 0 unspecified atom stereocenters. The number of para-hydroxylation sites is 2. The highest BCUT2D eigenvalue weighted by molar-refractivity contribution is 5.93. The van der Waals surface area contributed by atoms with Crippen molar-refractivity contribution in [3.63, 3.8) is 0 Å². The van der Waals surface area contributed by atoms with Crippen LogP contribution in [0.4, 0.5) is 34.1 Å². The molecule has 0 saturated heterocycles. The van der Waals surface area contributed by atoms with Gasteiger partial charge in [0.2, 0.25) is 0 Å². The highest BCUT2D eigenvalue weighted by Crippen LogP contribution is 2.45. The lowest BCUT2D eigenvalue weighted by molar-refractivity contribution is 1.28. The fourth-order valence-electron chi connectivity index (χ4n) is 9.25. The van der Waals surface area contributed by atoms with E-state index in [1.165, 1.54) is 22.3 Å². The van der Waals surface area contributed by atoms with E-state index >= 15 is 0 Å². The van der Waals surface area contributed by atoms with Crippen LogP contribution >= 0.6 is 0 Å². The van der Waals surface area contributed by atoms with Crippen LogP contribution < -0.4 is 9.80 Å². The van der Waals surface area contributed by atoms with Crippen LogP contribution in [0.1, 0.15) is 0 Å². The molecule has 0 aliphatic carbocycles. The Morgan fingerprint density at radius 2 is 0.382 bits per heavy atom. The van der Waals surface area contributed by atoms with Crippen molar-refractivity contribution in [2.24, 2.45) is 0 Å². The predicted molar refractivity (Wildman–Crippen MR) is 288 cm³/mol. The van der Waals surface area contributed by atoms with Crippen LogP contribution in [0.3, 0.4) is 0 Å². The van der Waals surface area contributed by atoms with Crippen molar-refractivity contribution in [1.29, 1.82) is 0 Å². The van der Waals surface area contributed by atoms with Crippen LogP contribution in [0.5, 0.6) is 0 Å². The molecule has 0 bridgehead atoms. The standard InChI is InChI=1S/C66H48N2/c1-7-19-49(20-8-1)51-35-41-61(42-36-51)67(59-27-15-5-16-28-59)65-45-39-57(47-63(65)55-23-11-3-12-24-55)53-31-33-54(34-32-53)58-40-46-66(64(48-58)56-25-13-4-14-26-56)68(60-29-17-6-18-30-60)62-43-37-52(38-44-62)50-21-9-2-10-22-50/h1-48H. The fourth-order valence-corrected chi connectivity index (χ4v) is 9.25. The second kappa shape index (κ2) is 19.2. The third kappa shape index (κ3) is 8.75. The predicted octanol–water partition coefficient (Wildman–Crippen LogP) is 18.6. The maximum absolute atomic E-state index is 2.37. The van der Waals surface area contributed by atoms with E-state index in [1.807, 2.05) is 0 Å². The number of hydrogen-bond donors (Lipinski definition) is 0. The number of hydrogen-bond acceptors (Lipinski definition) is 2. The minimum absolute atomic E-state index is 1.10. The largest absolute Gasteiger partial charge is 0.310 e. The summed E-state index contributed by atoms with van der Waals surface area (Å²) in [6.45, 7) is 0. The van der Waals surface area contributed by atoms with Gasteiger partial charge in [0.1, 0.15) is 0 Å². The highest BCUT2D eigenvalue weighted by Gasteiger charge is 2.21. The number of nitrogens with zero attached hydrogens (tertiary/aromatic N) is 2. The van der Waals surface area contributed by atoms with Crippen LogP contribution in [0.25, 0.3) is 66.8 Å². The molecule has 0 fully saturated rings. The van der Waals surface area contributed by atoms with Crippen molar-refractivity contribution in [2.75, 3.05) is 9.80 Å². The van der Waals surface area contributed by atoms with E-state index in [4.69, 9.17) is 0 Å². The zero-order chi connectivity index (χ0) is 45.5. The van der Waals surface area contributed by atoms with Gasteiger partial charge in [-0.15, -0.1) is 0 Å². The van der Waals surface area contributed by atoms with Gasteiger partial charge in [-0.25, -0.2) is 0 Å². The Kier molecular flexibility index (Phi) is 11.8. The summed E-state index contributed by atoms with van der Waals surface area (Å²) in [6, 6.07) is 105. The molecule has 0 spiro atoms. The van der Waals surface area contributed by atoms with Crippen molar-refractivity contribution in [2.45, 2.75) is 0 Å². The number of benzene rings is 11. The summed E-state index contributed by atoms with van der Waals surface area (Å²) >= 11 is 0. The van der Waals surface area contributed by atoms with E-state index in [2.05, 4.69) is 301 Å². The summed E-state index contributed by atoms with van der Waals surface area (Å²) in [5.74, 6) is 0. The van der Waals surface area contributed by atoms with E-state index in [0.717, 1.165) is 78.6 Å². The second-order valence-electron chi connectivity index (χ2n) is 16.9. The zero-order valence-electron chi connectivity index (χ0n) is 37.6. The van der Waals surface area contributed by atoms with Gasteiger partial charge in [-0.3, -0.25) is 0 Å². The Labute approximate surface area is 400 Å². The summed E-state index contributed by atoms with van der Waals surface area (Å²) in [7, 11) is 0. The number of anilines is 6. The van der Waals surface area contributed by atoms with Gasteiger partial charge < -0.3 is 9.80 Å². The molecule has 0 aliphatic heterocycles. The van der Waals surface area contributed by atoms with Gasteiger partial charge in [0.15, 0.2) is 0 Å². The molecule has 11 rings (SSSR count). The van der Waals surface area contributed by atoms with Crippen LogP contribution in [0.2, 0.25) is 0 Å². The molecular formula is C66H48N2. The van der Waals surface area contributed by atoms with Crippen molar-refractivity contribution in [1.82, 2.24) is 0 Å². The SMILES string of the molecule is c1ccc(-c2ccc(N(c3ccccc3)c3ccc(-c4ccc(-c5ccc(N(c6ccccc6)c6ccc(-c7ccccc7)cc6)c(-c6ccccc6)c5)cc4)cc3-c3ccccc3)cc2)cc1. The Balaban J connectivity index is 0.963. The summed E-state index contributed by atoms with van der Waals surface area (Å²) in [4.78, 5) is 4.74. The first-order valence-electron chi connectivity index (χ1n) is 23.2. The van der Waals surface area contributed by atoms with Gasteiger partial charge in [-0.1, -0.05) is 218 Å². The van der Waals surface area contributed by atoms with E-state index in [-0.39, 0.29) is 0 Å². The smallest absolute Gasteiger partial charge is 0.0540 e. The Morgan fingerprint density at radius 1 is 0.162 bits per heavy atom. The highest BCUT2D eigenvalue weighted by atomic mass is 15.1. The van der Waals surface area contributed by atoms with Crippen LogP contribution in [0, 0.1) is 0 Å². The van der Waals surface area contributed by atoms with Crippen LogP contribution in [0.15, 0.2) is 291 Å². The fraction of sp³-hybridized carbons (Fsp3) is 0. The summed E-state index contributed by atoms with van der Waals surface area (Å²) in [5, 5.41) is 0. The lowest BCUT2D eigenvalue weighted by atomic mass is 9.93. The maximum Gasteiger partial charge on any atom is 0.0540 e. The molecule has 0 heterocycles. The van der Waals surface area contributed by atoms with Crippen LogP contribution in [-0.4, -0.2) is 0 Å². The van der Waals surface area contributed by atoms with Crippen LogP contribution in [-0.2, 0) is 0 Å². The quantitative estimate of drug-likeness (QED) is 0.121. The van der Waals surface area contributed by atoms with Crippen molar-refractivity contribution in [3.8, 4) is 66.8 Å². The first-order valence-corrected chi connectivity index (χ1v) is 23.2. The molecule has 322 valence electrons. The van der Waals surface area contributed by atoms with E-state index in [9.17, 15) is 0 Å². The lowest BCUT2D eigenvalue weighted by Crippen LogP contribution is -2.11. The van der Waals surface area contributed by atoms with Gasteiger partial charge >= 0.3 is 0 Å². The van der Waals surface area contributed by atoms with Gasteiger partial charge in [0.05, 0.1) is 11.4 Å². The second-order valence-corrected chi connectivity index (χ2v) is 16.9. The first kappa shape index (κ1) is 41.7. The summed E-state index contributed by atoms with van der Waals surface area (Å²) < 4.78 is 0. The lowest BCUT2D eigenvalue weighted by Gasteiger charge is -2.28. The van der Waals surface area contributed by atoms with Crippen molar-refractivity contribution < 1.29 is 0 Å². The zero-order valence-corrected chi connectivity index (χ0v) is 37.6. The first-order chi connectivity index (χ1) is 33.7. The normalized spacial score (nSPS) is 10.9. The number of rotatable bonds is 12. The Morgan fingerprint density at radius 3 is 0.706 bits per heavy atom. The monoisotopic (exact) mass is 868 g/mol. The topological polar surface area (TPSA) is 6.48 Å². The molecule has 2 heteroatoms. The molecule has 11 aromatic carbocycles. The Bertz CT molecular complexity index is 3140. The summed E-state index contributed by atoms with van der Waals surface area (Å²) in [6.07, 6.45) is 0. The van der Waals surface area contributed by atoms with Crippen molar-refractivity contribution in [3.05, 3.63) is 291 Å². The molecular weight excluding hydrogens is 821 g/mol. The molecule has 11 aromatic rings. The molecule has 0 amide bonds. The maximum atomic E-state index is 2.37. The minimum Gasteiger partial charge on any atom is -0.310 e. The third-order valence-corrected chi connectivity index (χ3v) is 12.7. The molecule has 0 aliphatic rings. The third-order valence-electron chi connectivity index (χ3n) is 12.7. The molecule has 0 saturated carbocycles. The molecule has 0 aromatic heterocycles. The van der Waals surface area contributed by atoms with E-state index in [1.54, 1.807) is 0 Å². The molecule has 2 nitrogen and oxygen atoms in total. The minimum atomic E-state index is 1.10. The molecule has 0 radical (unpaired) electrons. The summed E-state index contributed by atoms with van der Waals surface area (Å²) in [5.41, 5.74) is 20.7. The molecule has 68 heavy (non-hydrogen) atoms. The van der Waals surface area contributed by atoms with Gasteiger partial charge in [0.25, 0.3) is 0 Å². The molecule has 0 N–H and O–H groups in total. The van der Waals surface area contributed by atoms with E-state index < -0.39 is 0 Å². The van der Waals surface area contributed by atoms with Gasteiger partial charge in [0, 0.05) is 33.9 Å². The Hall–Kier alpha value is -8.98. The van der Waals surface area contributed by atoms with Gasteiger partial charge in [-0.05, 0) is 128 Å². The average molecular weight is 869 g/mol. The van der Waals surface area contributed by atoms with Crippen molar-refractivity contribution >= 4 is 34.1 Å². The average Bonchev–Trinajstić information content (AvgIpc) is 3.43. The van der Waals surface area contributed by atoms with Gasteiger partial charge in [-0.2, -0.15) is 0 Å². The van der Waals surface area contributed by atoms with E-state index in [0.29, 0.717) is 0 Å².